The Bertz CT molecular complexity index is 1210. The molecule has 40 heavy (non-hydrogen) atoms. The summed E-state index contributed by atoms with van der Waals surface area (Å²) in [6, 6.07) is 11.2. The summed E-state index contributed by atoms with van der Waals surface area (Å²) in [4.78, 5) is 12.7. The Labute approximate surface area is 236 Å². The number of carbonyl (C=O) groups is 1. The molecular formula is C27H39F5O6S2. The van der Waals surface area contributed by atoms with Gasteiger partial charge in [-0.2, -0.15) is 22.0 Å². The van der Waals surface area contributed by atoms with Gasteiger partial charge in [0.05, 0.1) is 5.41 Å². The molecule has 0 aliphatic carbocycles. The van der Waals surface area contributed by atoms with Crippen LogP contribution in [-0.2, 0) is 30.5 Å². The van der Waals surface area contributed by atoms with Crippen molar-refractivity contribution in [3.8, 4) is 5.75 Å². The predicted octanol–water partition coefficient (Wildman–Crippen LogP) is 7.32. The van der Waals surface area contributed by atoms with Crippen LogP contribution in [0.2, 0.25) is 0 Å². The van der Waals surface area contributed by atoms with Crippen molar-refractivity contribution in [3.63, 3.8) is 0 Å². The maximum atomic E-state index is 13.0. The van der Waals surface area contributed by atoms with Gasteiger partial charge in [-0.25, -0.2) is 8.42 Å². The van der Waals surface area contributed by atoms with Crippen LogP contribution in [0.15, 0.2) is 41.3 Å². The van der Waals surface area contributed by atoms with Crippen molar-refractivity contribution < 1.29 is 49.2 Å². The number of halogens is 5. The van der Waals surface area contributed by atoms with Gasteiger partial charge in [-0.3, -0.25) is 4.79 Å². The molecule has 3 rings (SSSR count). The average Bonchev–Trinajstić information content (AvgIpc) is 3.36. The van der Waals surface area contributed by atoms with E-state index in [1.807, 2.05) is 30.3 Å². The Kier molecular flexibility index (Phi) is 13.9. The predicted molar refractivity (Wildman–Crippen MR) is 148 cm³/mol. The fourth-order valence-corrected chi connectivity index (χ4v) is 6.35. The first-order valence-corrected chi connectivity index (χ1v) is 14.8. The summed E-state index contributed by atoms with van der Waals surface area (Å²) in [5, 5.41) is -2.83. The van der Waals surface area contributed by atoms with Crippen LogP contribution in [0.1, 0.15) is 61.8 Å². The first-order valence-electron chi connectivity index (χ1n) is 11.8. The van der Waals surface area contributed by atoms with Crippen LogP contribution in [0.25, 0.3) is 10.8 Å². The summed E-state index contributed by atoms with van der Waals surface area (Å²) in [6.45, 7) is 3.99. The minimum atomic E-state index is -5.86. The van der Waals surface area contributed by atoms with E-state index in [2.05, 4.69) is 4.74 Å². The Morgan fingerprint density at radius 3 is 2.00 bits per heavy atom. The van der Waals surface area contributed by atoms with Crippen LogP contribution in [0.3, 0.4) is 0 Å². The molecule has 0 radical (unpaired) electrons. The lowest BCUT2D eigenvalue weighted by Crippen LogP contribution is -2.44. The van der Waals surface area contributed by atoms with Gasteiger partial charge in [0.15, 0.2) is 27.7 Å². The minimum Gasteiger partial charge on any atom is -0.743 e. The number of benzene rings is 2. The number of fused-ring (bicyclic) bond motifs is 1. The molecule has 6 nitrogen and oxygen atoms in total. The van der Waals surface area contributed by atoms with E-state index in [1.165, 1.54) is 43.1 Å². The Morgan fingerprint density at radius 1 is 1.00 bits per heavy atom. The largest absolute Gasteiger partial charge is 0.743 e. The summed E-state index contributed by atoms with van der Waals surface area (Å²) in [5.41, 5.74) is -1.02. The van der Waals surface area contributed by atoms with Gasteiger partial charge in [-0.1, -0.05) is 40.0 Å². The molecule has 1 aliphatic rings. The summed E-state index contributed by atoms with van der Waals surface area (Å²) in [5.74, 6) is 1.71. The zero-order chi connectivity index (χ0) is 28.9. The van der Waals surface area contributed by atoms with Crippen molar-refractivity contribution in [1.82, 2.24) is 0 Å². The van der Waals surface area contributed by atoms with E-state index in [0.717, 1.165) is 10.8 Å². The van der Waals surface area contributed by atoms with Crippen LogP contribution in [0, 0.1) is 5.41 Å². The van der Waals surface area contributed by atoms with Gasteiger partial charge in [-0.15, -0.1) is 0 Å². The van der Waals surface area contributed by atoms with E-state index in [4.69, 9.17) is 4.74 Å². The normalized spacial score (nSPS) is 15.2. The standard InChI is InChI=1S/C16H16F3OS.C9H16F2O5S.2CH4/c17-16(18,19)11-20-14-7-8-15(21-9-3-4-10-21)13-6-2-1-5-12(13)14;1-5-8(3,4)7(12)16-6(2)9(10,11)17(13,14)15;;/h1-2,5-8H,3-4,9-11H2;6H,5H2,1-4H3,(H,13,14,15);2*1H4/q+1;;;/p-1. The number of ether oxygens (including phenoxy) is 2. The molecule has 13 heteroatoms. The van der Waals surface area contributed by atoms with E-state index in [9.17, 15) is 39.7 Å². The van der Waals surface area contributed by atoms with E-state index >= 15 is 0 Å². The molecule has 0 spiro atoms. The molecule has 1 saturated heterocycles. The second-order valence-electron chi connectivity index (χ2n) is 9.42. The lowest BCUT2D eigenvalue weighted by Gasteiger charge is -2.29. The first-order chi connectivity index (χ1) is 17.4. The third-order valence-electron chi connectivity index (χ3n) is 6.10. The molecule has 0 amide bonds. The average molecular weight is 619 g/mol. The van der Waals surface area contributed by atoms with Crippen molar-refractivity contribution in [3.05, 3.63) is 36.4 Å². The molecule has 0 aromatic heterocycles. The van der Waals surface area contributed by atoms with Gasteiger partial charge in [0.25, 0.3) is 0 Å². The Morgan fingerprint density at radius 2 is 1.52 bits per heavy atom. The van der Waals surface area contributed by atoms with Crippen molar-refractivity contribution in [2.24, 2.45) is 5.41 Å². The number of esters is 1. The zero-order valence-corrected chi connectivity index (χ0v) is 23.1. The number of carbonyl (C=O) groups excluding carboxylic acids is 1. The maximum Gasteiger partial charge on any atom is 0.422 e. The smallest absolute Gasteiger partial charge is 0.422 e. The molecule has 1 atom stereocenters. The van der Waals surface area contributed by atoms with Crippen molar-refractivity contribution in [2.45, 2.75) is 84.2 Å². The fourth-order valence-electron chi connectivity index (χ4n) is 3.39. The van der Waals surface area contributed by atoms with Crippen LogP contribution in [0.4, 0.5) is 22.0 Å². The quantitative estimate of drug-likeness (QED) is 0.133. The molecule has 1 fully saturated rings. The second-order valence-corrected chi connectivity index (χ2v) is 13.1. The van der Waals surface area contributed by atoms with E-state index in [1.54, 1.807) is 13.0 Å². The molecule has 230 valence electrons. The summed E-state index contributed by atoms with van der Waals surface area (Å²) >= 11 is 0. The van der Waals surface area contributed by atoms with E-state index < -0.39 is 45.6 Å². The van der Waals surface area contributed by atoms with Gasteiger partial charge < -0.3 is 14.0 Å². The molecule has 0 saturated carbocycles. The lowest BCUT2D eigenvalue weighted by atomic mass is 9.91. The number of hydrogen-bond acceptors (Lipinski definition) is 6. The number of rotatable bonds is 8. The van der Waals surface area contributed by atoms with Gasteiger partial charge in [0.1, 0.15) is 17.3 Å². The van der Waals surface area contributed by atoms with Gasteiger partial charge >= 0.3 is 17.4 Å². The fraction of sp³-hybridized carbons (Fsp3) is 0.593. The molecule has 0 bridgehead atoms. The van der Waals surface area contributed by atoms with Crippen molar-refractivity contribution >= 4 is 37.8 Å². The van der Waals surface area contributed by atoms with Crippen molar-refractivity contribution in [2.75, 3.05) is 18.1 Å². The molecular weight excluding hydrogens is 579 g/mol. The molecule has 1 aliphatic heterocycles. The van der Waals surface area contributed by atoms with Gasteiger partial charge in [0.2, 0.25) is 0 Å². The highest BCUT2D eigenvalue weighted by Crippen LogP contribution is 2.35. The monoisotopic (exact) mass is 618 g/mol. The SMILES string of the molecule is C.C.CCC(C)(C)C(=O)OC(C)C(F)(F)S(=O)(=O)[O-].FC(F)(F)COc1ccc([S+]2CCCC2)c2ccccc12. The third kappa shape index (κ3) is 9.76. The lowest BCUT2D eigenvalue weighted by molar-refractivity contribution is -0.170. The van der Waals surface area contributed by atoms with Crippen LogP contribution in [-0.4, -0.2) is 54.6 Å². The number of hydrogen-bond donors (Lipinski definition) is 0. The Balaban J connectivity index is 0.000000743. The van der Waals surface area contributed by atoms with Gasteiger partial charge in [0, 0.05) is 21.7 Å². The molecule has 2 aromatic carbocycles. The minimum absolute atomic E-state index is 0. The van der Waals surface area contributed by atoms with Crippen LogP contribution < -0.4 is 4.74 Å². The molecule has 1 heterocycles. The summed E-state index contributed by atoms with van der Waals surface area (Å²) in [6.07, 6.45) is -3.82. The third-order valence-corrected chi connectivity index (χ3v) is 9.64. The summed E-state index contributed by atoms with van der Waals surface area (Å²) < 4.78 is 103. The van der Waals surface area contributed by atoms with Gasteiger partial charge in [-0.05, 0) is 58.2 Å². The molecule has 1 unspecified atom stereocenters. The van der Waals surface area contributed by atoms with Crippen LogP contribution >= 0.6 is 0 Å². The maximum absolute atomic E-state index is 13.0. The summed E-state index contributed by atoms with van der Waals surface area (Å²) in [7, 11) is -5.63. The zero-order valence-electron chi connectivity index (χ0n) is 21.4. The van der Waals surface area contributed by atoms with Crippen molar-refractivity contribution in [1.29, 1.82) is 0 Å². The molecule has 0 N–H and O–H groups in total. The second kappa shape index (κ2) is 14.7. The highest BCUT2D eigenvalue weighted by Gasteiger charge is 2.47. The topological polar surface area (TPSA) is 92.7 Å². The van der Waals surface area contributed by atoms with E-state index in [0.29, 0.717) is 19.1 Å². The van der Waals surface area contributed by atoms with Crippen LogP contribution in [0.5, 0.6) is 5.75 Å². The molecule has 2 aromatic rings. The number of alkyl halides is 5. The first kappa shape index (κ1) is 37.9. The Hall–Kier alpha value is -2.12. The highest BCUT2D eigenvalue weighted by atomic mass is 32.2. The van der Waals surface area contributed by atoms with E-state index in [-0.39, 0.29) is 25.7 Å². The highest BCUT2D eigenvalue weighted by molar-refractivity contribution is 7.97.